The first kappa shape index (κ1) is 20.1. The molecule has 0 aliphatic carbocycles. The summed E-state index contributed by atoms with van der Waals surface area (Å²) in [6.45, 7) is 2.47. The van der Waals surface area contributed by atoms with Crippen molar-refractivity contribution < 1.29 is 18.3 Å². The molecule has 0 unspecified atom stereocenters. The SMILES string of the molecule is Nc1cc(OCc2c(F)cc(-c3ccc(N4CCOCC4)nc3)cc2F)c2nn[nH]c2n1. The van der Waals surface area contributed by atoms with Gasteiger partial charge in [0.2, 0.25) is 0 Å². The van der Waals surface area contributed by atoms with Crippen LogP contribution in [0.15, 0.2) is 36.5 Å². The van der Waals surface area contributed by atoms with Gasteiger partial charge >= 0.3 is 0 Å². The van der Waals surface area contributed by atoms with E-state index in [0.29, 0.717) is 35.5 Å². The van der Waals surface area contributed by atoms with Crippen molar-refractivity contribution >= 4 is 22.8 Å². The fourth-order valence-corrected chi connectivity index (χ4v) is 3.53. The minimum absolute atomic E-state index is 0.169. The molecule has 164 valence electrons. The predicted octanol–water partition coefficient (Wildman–Crippen LogP) is 2.69. The summed E-state index contributed by atoms with van der Waals surface area (Å²) >= 11 is 0. The summed E-state index contributed by atoms with van der Waals surface area (Å²) in [4.78, 5) is 10.6. The lowest BCUT2D eigenvalue weighted by Crippen LogP contribution is -2.36. The van der Waals surface area contributed by atoms with Gasteiger partial charge in [0.25, 0.3) is 0 Å². The molecule has 1 fully saturated rings. The molecule has 5 rings (SSSR count). The summed E-state index contributed by atoms with van der Waals surface area (Å²) in [7, 11) is 0. The number of aromatic amines is 1. The van der Waals surface area contributed by atoms with E-state index in [1.165, 1.54) is 18.2 Å². The molecule has 0 amide bonds. The van der Waals surface area contributed by atoms with Crippen molar-refractivity contribution in [1.82, 2.24) is 25.4 Å². The third-order valence-corrected chi connectivity index (χ3v) is 5.21. The first-order valence-electron chi connectivity index (χ1n) is 9.95. The van der Waals surface area contributed by atoms with Gasteiger partial charge in [-0.25, -0.2) is 23.8 Å². The lowest BCUT2D eigenvalue weighted by molar-refractivity contribution is 0.122. The molecule has 0 atom stereocenters. The summed E-state index contributed by atoms with van der Waals surface area (Å²) in [5, 5.41) is 10.1. The quantitative estimate of drug-likeness (QED) is 0.488. The minimum atomic E-state index is -0.726. The van der Waals surface area contributed by atoms with E-state index in [-0.39, 0.29) is 23.7 Å². The standard InChI is InChI=1S/C21H19F2N7O2/c22-15-7-13(12-1-2-19(25-10-12)30-3-5-31-6-4-30)8-16(23)14(15)11-32-17-9-18(24)26-21-20(17)27-29-28-21/h1-2,7-10H,3-6,11H2,(H3,24,26,27,28,29). The minimum Gasteiger partial charge on any atom is -0.486 e. The van der Waals surface area contributed by atoms with Gasteiger partial charge in [-0.2, -0.15) is 0 Å². The predicted molar refractivity (Wildman–Crippen MR) is 113 cm³/mol. The second kappa shape index (κ2) is 8.35. The highest BCUT2D eigenvalue weighted by molar-refractivity contribution is 5.78. The molecule has 9 nitrogen and oxygen atoms in total. The van der Waals surface area contributed by atoms with Gasteiger partial charge in [0, 0.05) is 30.9 Å². The van der Waals surface area contributed by atoms with Crippen LogP contribution in [0.3, 0.4) is 0 Å². The average Bonchev–Trinajstić information content (AvgIpc) is 3.27. The van der Waals surface area contributed by atoms with Crippen molar-refractivity contribution in [3.05, 3.63) is 53.7 Å². The molecular formula is C21H19F2N7O2. The highest BCUT2D eigenvalue weighted by atomic mass is 19.1. The summed E-state index contributed by atoms with van der Waals surface area (Å²) in [5.41, 5.74) is 7.16. The van der Waals surface area contributed by atoms with E-state index in [1.54, 1.807) is 12.3 Å². The molecule has 1 aliphatic rings. The zero-order valence-corrected chi connectivity index (χ0v) is 16.9. The first-order valence-corrected chi connectivity index (χ1v) is 9.95. The van der Waals surface area contributed by atoms with Gasteiger partial charge in [-0.05, 0) is 29.8 Å². The molecule has 4 aromatic rings. The summed E-state index contributed by atoms with van der Waals surface area (Å²) < 4.78 is 40.5. The lowest BCUT2D eigenvalue weighted by Gasteiger charge is -2.27. The van der Waals surface area contributed by atoms with Crippen molar-refractivity contribution in [3.8, 4) is 16.9 Å². The number of halogens is 2. The van der Waals surface area contributed by atoms with Gasteiger partial charge < -0.3 is 20.1 Å². The Labute approximate surface area is 181 Å². The number of rotatable bonds is 5. The monoisotopic (exact) mass is 439 g/mol. The average molecular weight is 439 g/mol. The van der Waals surface area contributed by atoms with Crippen LogP contribution in [0.4, 0.5) is 20.4 Å². The van der Waals surface area contributed by atoms with E-state index in [2.05, 4.69) is 30.3 Å². The summed E-state index contributed by atoms with van der Waals surface area (Å²) in [6.07, 6.45) is 1.61. The number of ether oxygens (including phenoxy) is 2. The Morgan fingerprint density at radius 2 is 1.88 bits per heavy atom. The van der Waals surface area contributed by atoms with Crippen LogP contribution < -0.4 is 15.4 Å². The van der Waals surface area contributed by atoms with Crippen LogP contribution in [0.2, 0.25) is 0 Å². The van der Waals surface area contributed by atoms with Gasteiger partial charge in [-0.15, -0.1) is 5.10 Å². The van der Waals surface area contributed by atoms with E-state index in [0.717, 1.165) is 18.9 Å². The zero-order valence-electron chi connectivity index (χ0n) is 16.9. The van der Waals surface area contributed by atoms with Crippen LogP contribution in [0, 0.1) is 11.6 Å². The van der Waals surface area contributed by atoms with Crippen molar-refractivity contribution in [3.63, 3.8) is 0 Å². The number of anilines is 2. The van der Waals surface area contributed by atoms with Crippen LogP contribution in [-0.2, 0) is 11.3 Å². The smallest absolute Gasteiger partial charge is 0.181 e. The van der Waals surface area contributed by atoms with E-state index < -0.39 is 11.6 Å². The van der Waals surface area contributed by atoms with Crippen LogP contribution >= 0.6 is 0 Å². The number of pyridine rings is 2. The maximum Gasteiger partial charge on any atom is 0.181 e. The Balaban J connectivity index is 1.35. The van der Waals surface area contributed by atoms with Gasteiger partial charge in [-0.3, -0.25) is 0 Å². The van der Waals surface area contributed by atoms with Crippen LogP contribution in [0.25, 0.3) is 22.3 Å². The molecule has 0 bridgehead atoms. The topological polar surface area (TPSA) is 115 Å². The van der Waals surface area contributed by atoms with E-state index in [9.17, 15) is 8.78 Å². The number of nitrogen functional groups attached to an aromatic ring is 1. The molecule has 0 radical (unpaired) electrons. The van der Waals surface area contributed by atoms with Crippen molar-refractivity contribution in [2.45, 2.75) is 6.61 Å². The summed E-state index contributed by atoms with van der Waals surface area (Å²) in [5.74, 6) is -0.250. The maximum absolute atomic E-state index is 14.8. The molecule has 11 heteroatoms. The normalized spacial score (nSPS) is 14.1. The number of morpholine rings is 1. The van der Waals surface area contributed by atoms with E-state index in [1.807, 2.05) is 6.07 Å². The van der Waals surface area contributed by atoms with Gasteiger partial charge in [-0.1, -0.05) is 5.21 Å². The molecule has 0 saturated carbocycles. The number of aromatic nitrogens is 5. The van der Waals surface area contributed by atoms with Gasteiger partial charge in [0.15, 0.2) is 16.9 Å². The third kappa shape index (κ3) is 3.89. The molecule has 3 N–H and O–H groups in total. The Morgan fingerprint density at radius 1 is 1.09 bits per heavy atom. The Bertz CT molecular complexity index is 1230. The third-order valence-electron chi connectivity index (χ3n) is 5.21. The number of nitrogens with zero attached hydrogens (tertiary/aromatic N) is 5. The fraction of sp³-hybridized carbons (Fsp3) is 0.238. The van der Waals surface area contributed by atoms with E-state index in [4.69, 9.17) is 15.2 Å². The number of H-pyrrole nitrogens is 1. The van der Waals surface area contributed by atoms with Crippen molar-refractivity contribution in [2.24, 2.45) is 0 Å². The fourth-order valence-electron chi connectivity index (χ4n) is 3.53. The maximum atomic E-state index is 14.8. The number of nitrogens with one attached hydrogen (secondary N) is 1. The highest BCUT2D eigenvalue weighted by Crippen LogP contribution is 2.28. The van der Waals surface area contributed by atoms with Crippen LogP contribution in [-0.4, -0.2) is 51.7 Å². The molecular weight excluding hydrogens is 420 g/mol. The second-order valence-corrected chi connectivity index (χ2v) is 7.27. The van der Waals surface area contributed by atoms with E-state index >= 15 is 0 Å². The Hall–Kier alpha value is -3.86. The molecule has 1 aromatic carbocycles. The molecule has 1 aliphatic heterocycles. The molecule has 0 spiro atoms. The second-order valence-electron chi connectivity index (χ2n) is 7.27. The highest BCUT2D eigenvalue weighted by Gasteiger charge is 2.17. The Kier molecular flexibility index (Phi) is 5.23. The Morgan fingerprint density at radius 3 is 2.59 bits per heavy atom. The van der Waals surface area contributed by atoms with Gasteiger partial charge in [0.1, 0.15) is 29.9 Å². The van der Waals surface area contributed by atoms with Crippen molar-refractivity contribution in [2.75, 3.05) is 36.9 Å². The number of fused-ring (bicyclic) bond motifs is 1. The number of nitrogens with two attached hydrogens (primary N) is 1. The molecule has 1 saturated heterocycles. The largest absolute Gasteiger partial charge is 0.486 e. The molecule has 32 heavy (non-hydrogen) atoms. The van der Waals surface area contributed by atoms with Crippen LogP contribution in [0.1, 0.15) is 5.56 Å². The number of benzene rings is 1. The first-order chi connectivity index (χ1) is 15.6. The molecule has 4 heterocycles. The van der Waals surface area contributed by atoms with Gasteiger partial charge in [0.05, 0.1) is 18.8 Å². The number of hydrogen-bond acceptors (Lipinski definition) is 8. The lowest BCUT2D eigenvalue weighted by atomic mass is 10.0. The number of hydrogen-bond donors (Lipinski definition) is 2. The van der Waals surface area contributed by atoms with Crippen molar-refractivity contribution in [1.29, 1.82) is 0 Å². The summed E-state index contributed by atoms with van der Waals surface area (Å²) in [6, 6.07) is 7.59. The zero-order chi connectivity index (χ0) is 22.1. The molecule has 3 aromatic heterocycles. The van der Waals surface area contributed by atoms with Crippen LogP contribution in [0.5, 0.6) is 5.75 Å².